The van der Waals surface area contributed by atoms with E-state index in [0.29, 0.717) is 5.56 Å². The molecule has 72 valence electrons. The van der Waals surface area contributed by atoms with Crippen molar-refractivity contribution < 1.29 is 14.6 Å². The van der Waals surface area contributed by atoms with Gasteiger partial charge in [-0.25, -0.2) is 4.79 Å². The zero-order valence-electron chi connectivity index (χ0n) is 8.00. The average molecular weight is 190 g/mol. The van der Waals surface area contributed by atoms with Crippen molar-refractivity contribution in [2.45, 2.75) is 6.92 Å². The fourth-order valence-corrected chi connectivity index (χ4v) is 0.917. The molecule has 3 nitrogen and oxygen atoms in total. The fourth-order valence-electron chi connectivity index (χ4n) is 0.917. The smallest absolute Gasteiger partial charge is 0.384 e. The van der Waals surface area contributed by atoms with Crippen LogP contribution in [0.1, 0.15) is 11.1 Å². The predicted octanol–water partition coefficient (Wildman–Crippen LogP) is 1.23. The van der Waals surface area contributed by atoms with Crippen LogP contribution in [0, 0.1) is 18.8 Å². The van der Waals surface area contributed by atoms with E-state index < -0.39 is 5.97 Å². The molecule has 0 saturated heterocycles. The number of aryl methyl sites for hydroxylation is 1. The van der Waals surface area contributed by atoms with Crippen molar-refractivity contribution in [2.75, 3.05) is 7.11 Å². The summed E-state index contributed by atoms with van der Waals surface area (Å²) in [6.07, 6.45) is 0. The van der Waals surface area contributed by atoms with E-state index in [1.54, 1.807) is 18.2 Å². The van der Waals surface area contributed by atoms with E-state index in [-0.39, 0.29) is 5.75 Å². The maximum atomic E-state index is 10.7. The number of hydrogen-bond acceptors (Lipinski definition) is 3. The molecule has 14 heavy (non-hydrogen) atoms. The van der Waals surface area contributed by atoms with Crippen LogP contribution in [0.3, 0.4) is 0 Å². The van der Waals surface area contributed by atoms with Crippen molar-refractivity contribution in [1.82, 2.24) is 0 Å². The molecule has 1 aromatic rings. The second-order valence-corrected chi connectivity index (χ2v) is 2.76. The number of esters is 1. The van der Waals surface area contributed by atoms with E-state index in [9.17, 15) is 9.90 Å². The lowest BCUT2D eigenvalue weighted by Gasteiger charge is -1.97. The summed E-state index contributed by atoms with van der Waals surface area (Å²) in [5, 5.41) is 9.42. The molecule has 0 aliphatic heterocycles. The van der Waals surface area contributed by atoms with E-state index in [4.69, 9.17) is 0 Å². The number of ether oxygens (including phenoxy) is 1. The van der Waals surface area contributed by atoms with Gasteiger partial charge in [0, 0.05) is 5.92 Å². The largest absolute Gasteiger partial charge is 0.507 e. The van der Waals surface area contributed by atoms with E-state index >= 15 is 0 Å². The Hall–Kier alpha value is -1.95. The van der Waals surface area contributed by atoms with Crippen molar-refractivity contribution in [3.8, 4) is 17.6 Å². The summed E-state index contributed by atoms with van der Waals surface area (Å²) in [7, 11) is 1.26. The Balaban J connectivity index is 2.96. The summed E-state index contributed by atoms with van der Waals surface area (Å²) in [6, 6.07) is 5.04. The molecule has 0 aliphatic rings. The molecular weight excluding hydrogens is 180 g/mol. The Kier molecular flexibility index (Phi) is 3.14. The molecule has 0 atom stereocenters. The van der Waals surface area contributed by atoms with Crippen molar-refractivity contribution in [1.29, 1.82) is 0 Å². The van der Waals surface area contributed by atoms with Gasteiger partial charge in [-0.3, -0.25) is 0 Å². The number of phenols is 1. The summed E-state index contributed by atoms with van der Waals surface area (Å²) in [5.41, 5.74) is 1.35. The van der Waals surface area contributed by atoms with Crippen LogP contribution in [0.4, 0.5) is 0 Å². The van der Waals surface area contributed by atoms with Crippen LogP contribution in [0.25, 0.3) is 0 Å². The van der Waals surface area contributed by atoms with Gasteiger partial charge >= 0.3 is 5.97 Å². The SMILES string of the molecule is COC(=O)C#Cc1ccc(C)cc1O. The summed E-state index contributed by atoms with van der Waals surface area (Å²) < 4.78 is 4.34. The van der Waals surface area contributed by atoms with Gasteiger partial charge in [-0.2, -0.15) is 0 Å². The molecule has 0 bridgehead atoms. The van der Waals surface area contributed by atoms with Crippen LogP contribution in [0.2, 0.25) is 0 Å². The first-order valence-electron chi connectivity index (χ1n) is 4.03. The number of rotatable bonds is 0. The molecule has 0 amide bonds. The Morgan fingerprint density at radius 3 is 2.79 bits per heavy atom. The quantitative estimate of drug-likeness (QED) is 0.494. The standard InChI is InChI=1S/C11H10O3/c1-8-3-4-9(10(12)7-8)5-6-11(13)14-2/h3-4,7,12H,1-2H3. The average Bonchev–Trinajstić information content (AvgIpc) is 2.16. The first-order valence-corrected chi connectivity index (χ1v) is 4.03. The first-order chi connectivity index (χ1) is 6.63. The zero-order valence-corrected chi connectivity index (χ0v) is 8.00. The Labute approximate surface area is 82.3 Å². The molecule has 0 heterocycles. The zero-order chi connectivity index (χ0) is 10.6. The van der Waals surface area contributed by atoms with Gasteiger partial charge in [0.25, 0.3) is 0 Å². The van der Waals surface area contributed by atoms with Gasteiger partial charge in [0.05, 0.1) is 12.7 Å². The summed E-state index contributed by atoms with van der Waals surface area (Å²) in [6.45, 7) is 1.86. The summed E-state index contributed by atoms with van der Waals surface area (Å²) in [5.74, 6) is 4.20. The van der Waals surface area contributed by atoms with Crippen molar-refractivity contribution in [2.24, 2.45) is 0 Å². The van der Waals surface area contributed by atoms with Crippen LogP contribution in [-0.2, 0) is 9.53 Å². The monoisotopic (exact) mass is 190 g/mol. The molecule has 3 heteroatoms. The highest BCUT2D eigenvalue weighted by molar-refractivity contribution is 5.89. The first kappa shape index (κ1) is 10.1. The van der Waals surface area contributed by atoms with Gasteiger partial charge < -0.3 is 9.84 Å². The van der Waals surface area contributed by atoms with Crippen LogP contribution >= 0.6 is 0 Å². The summed E-state index contributed by atoms with van der Waals surface area (Å²) >= 11 is 0. The van der Waals surface area contributed by atoms with Crippen LogP contribution < -0.4 is 0 Å². The van der Waals surface area contributed by atoms with Gasteiger partial charge in [0.1, 0.15) is 5.75 Å². The number of aromatic hydroxyl groups is 1. The van der Waals surface area contributed by atoms with Crippen molar-refractivity contribution in [3.63, 3.8) is 0 Å². The summed E-state index contributed by atoms with van der Waals surface area (Å²) in [4.78, 5) is 10.7. The number of hydrogen-bond donors (Lipinski definition) is 1. The molecule has 1 aromatic carbocycles. The Morgan fingerprint density at radius 2 is 2.21 bits per heavy atom. The molecular formula is C11H10O3. The number of carbonyl (C=O) groups is 1. The Morgan fingerprint density at radius 1 is 1.50 bits per heavy atom. The molecule has 0 fully saturated rings. The van der Waals surface area contributed by atoms with Crippen LogP contribution in [0.15, 0.2) is 18.2 Å². The highest BCUT2D eigenvalue weighted by Crippen LogP contribution is 2.16. The van der Waals surface area contributed by atoms with E-state index in [2.05, 4.69) is 16.6 Å². The third-order valence-corrected chi connectivity index (χ3v) is 1.64. The highest BCUT2D eigenvalue weighted by atomic mass is 16.5. The number of carbonyl (C=O) groups excluding carboxylic acids is 1. The highest BCUT2D eigenvalue weighted by Gasteiger charge is 1.97. The maximum absolute atomic E-state index is 10.7. The predicted molar refractivity (Wildman–Crippen MR) is 51.7 cm³/mol. The Bertz CT molecular complexity index is 410. The fraction of sp³-hybridized carbons (Fsp3) is 0.182. The molecule has 1 N–H and O–H groups in total. The number of methoxy groups -OCH3 is 1. The molecule has 0 saturated carbocycles. The van der Waals surface area contributed by atoms with E-state index in [1.165, 1.54) is 7.11 Å². The molecule has 1 rings (SSSR count). The number of phenolic OH excluding ortho intramolecular Hbond substituents is 1. The van der Waals surface area contributed by atoms with Gasteiger partial charge in [-0.1, -0.05) is 12.0 Å². The molecule has 0 unspecified atom stereocenters. The van der Waals surface area contributed by atoms with Gasteiger partial charge in [-0.05, 0) is 24.6 Å². The normalized spacial score (nSPS) is 8.71. The third-order valence-electron chi connectivity index (χ3n) is 1.64. The lowest BCUT2D eigenvalue weighted by molar-refractivity contribution is -0.133. The van der Waals surface area contributed by atoms with Crippen LogP contribution in [-0.4, -0.2) is 18.2 Å². The third kappa shape index (κ3) is 2.53. The minimum atomic E-state index is -0.620. The lowest BCUT2D eigenvalue weighted by Crippen LogP contribution is -1.94. The maximum Gasteiger partial charge on any atom is 0.384 e. The number of benzene rings is 1. The van der Waals surface area contributed by atoms with E-state index in [1.807, 2.05) is 6.92 Å². The van der Waals surface area contributed by atoms with Gasteiger partial charge in [0.2, 0.25) is 0 Å². The minimum absolute atomic E-state index is 0.0707. The lowest BCUT2D eigenvalue weighted by atomic mass is 10.1. The second-order valence-electron chi connectivity index (χ2n) is 2.76. The van der Waals surface area contributed by atoms with Crippen molar-refractivity contribution in [3.05, 3.63) is 29.3 Å². The van der Waals surface area contributed by atoms with Crippen LogP contribution in [0.5, 0.6) is 5.75 Å². The minimum Gasteiger partial charge on any atom is -0.507 e. The second kappa shape index (κ2) is 4.33. The van der Waals surface area contributed by atoms with Gasteiger partial charge in [-0.15, -0.1) is 0 Å². The van der Waals surface area contributed by atoms with Gasteiger partial charge in [0.15, 0.2) is 0 Å². The molecule has 0 aromatic heterocycles. The molecule has 0 aliphatic carbocycles. The topological polar surface area (TPSA) is 46.5 Å². The molecule has 0 spiro atoms. The van der Waals surface area contributed by atoms with E-state index in [0.717, 1.165) is 5.56 Å². The molecule has 0 radical (unpaired) electrons. The van der Waals surface area contributed by atoms with Crippen molar-refractivity contribution >= 4 is 5.97 Å².